The van der Waals surface area contributed by atoms with Crippen LogP contribution in [0.25, 0.3) is 0 Å². The molecular weight excluding hydrogens is 352 g/mol. The third kappa shape index (κ3) is 5.57. The Balaban J connectivity index is 1.89. The molecule has 0 spiro atoms. The van der Waals surface area contributed by atoms with Gasteiger partial charge >= 0.3 is 0 Å². The van der Waals surface area contributed by atoms with Crippen molar-refractivity contribution in [2.45, 2.75) is 24.8 Å². The molecule has 0 heterocycles. The van der Waals surface area contributed by atoms with Crippen molar-refractivity contribution in [2.75, 3.05) is 20.2 Å². The number of hydrogen-bond acceptors (Lipinski definition) is 4. The lowest BCUT2D eigenvalue weighted by atomic mass is 10.2. The molecule has 2 aromatic rings. The van der Waals surface area contributed by atoms with Crippen LogP contribution in [-0.2, 0) is 21.4 Å². The summed E-state index contributed by atoms with van der Waals surface area (Å²) in [6.45, 7) is 3.04. The Bertz CT molecular complexity index is 805. The first-order valence-electron chi connectivity index (χ1n) is 8.41. The van der Waals surface area contributed by atoms with Gasteiger partial charge in [-0.2, -0.15) is 0 Å². The van der Waals surface area contributed by atoms with Crippen LogP contribution in [-0.4, -0.2) is 39.4 Å². The zero-order valence-corrected chi connectivity index (χ0v) is 15.8. The summed E-state index contributed by atoms with van der Waals surface area (Å²) in [6, 6.07) is 15.8. The SMILES string of the molecule is CCN(Cc1ccccc1)C(=O)CCNS(=O)(=O)c1ccc(OC)cc1. The van der Waals surface area contributed by atoms with Crippen LogP contribution in [0.4, 0.5) is 0 Å². The predicted octanol–water partition coefficient (Wildman–Crippen LogP) is 2.41. The van der Waals surface area contributed by atoms with Crippen molar-refractivity contribution in [2.24, 2.45) is 0 Å². The van der Waals surface area contributed by atoms with Gasteiger partial charge < -0.3 is 9.64 Å². The molecule has 1 amide bonds. The molecule has 26 heavy (non-hydrogen) atoms. The van der Waals surface area contributed by atoms with Gasteiger partial charge in [-0.25, -0.2) is 13.1 Å². The van der Waals surface area contributed by atoms with Gasteiger partial charge in [-0.05, 0) is 36.8 Å². The van der Waals surface area contributed by atoms with Crippen LogP contribution in [0.1, 0.15) is 18.9 Å². The fourth-order valence-corrected chi connectivity index (χ4v) is 3.50. The van der Waals surface area contributed by atoms with Crippen molar-refractivity contribution in [3.63, 3.8) is 0 Å². The molecule has 0 bridgehead atoms. The number of ether oxygens (including phenoxy) is 1. The molecule has 0 fully saturated rings. The molecular formula is C19H24N2O4S. The molecule has 2 aromatic carbocycles. The second-order valence-electron chi connectivity index (χ2n) is 5.72. The second-order valence-corrected chi connectivity index (χ2v) is 7.48. The molecule has 0 aliphatic rings. The largest absolute Gasteiger partial charge is 0.497 e. The molecule has 2 rings (SSSR count). The molecule has 1 N–H and O–H groups in total. The van der Waals surface area contributed by atoms with Crippen molar-refractivity contribution in [1.82, 2.24) is 9.62 Å². The predicted molar refractivity (Wildman–Crippen MR) is 100 cm³/mol. The van der Waals surface area contributed by atoms with Crippen molar-refractivity contribution >= 4 is 15.9 Å². The van der Waals surface area contributed by atoms with E-state index in [4.69, 9.17) is 4.74 Å². The highest BCUT2D eigenvalue weighted by atomic mass is 32.2. The minimum absolute atomic E-state index is 0.0541. The van der Waals surface area contributed by atoms with Crippen LogP contribution in [0.5, 0.6) is 5.75 Å². The number of sulfonamides is 1. The quantitative estimate of drug-likeness (QED) is 0.729. The first-order chi connectivity index (χ1) is 12.5. The van der Waals surface area contributed by atoms with Gasteiger partial charge in [-0.1, -0.05) is 30.3 Å². The van der Waals surface area contributed by atoms with Gasteiger partial charge in [-0.15, -0.1) is 0 Å². The van der Waals surface area contributed by atoms with Gasteiger partial charge in [0, 0.05) is 26.1 Å². The molecule has 0 saturated carbocycles. The van der Waals surface area contributed by atoms with Crippen LogP contribution in [0.15, 0.2) is 59.5 Å². The lowest BCUT2D eigenvalue weighted by Crippen LogP contribution is -2.34. The molecule has 0 aromatic heterocycles. The molecule has 0 radical (unpaired) electrons. The van der Waals surface area contributed by atoms with Crippen molar-refractivity contribution in [1.29, 1.82) is 0 Å². The molecule has 0 aliphatic carbocycles. The van der Waals surface area contributed by atoms with Crippen molar-refractivity contribution in [3.8, 4) is 5.75 Å². The van der Waals surface area contributed by atoms with E-state index in [0.717, 1.165) is 5.56 Å². The number of benzene rings is 2. The van der Waals surface area contributed by atoms with E-state index in [1.165, 1.54) is 19.2 Å². The average molecular weight is 376 g/mol. The van der Waals surface area contributed by atoms with E-state index < -0.39 is 10.0 Å². The molecule has 140 valence electrons. The summed E-state index contributed by atoms with van der Waals surface area (Å²) in [4.78, 5) is 14.2. The summed E-state index contributed by atoms with van der Waals surface area (Å²) >= 11 is 0. The fraction of sp³-hybridized carbons (Fsp3) is 0.316. The second kappa shape index (κ2) is 9.35. The van der Waals surface area contributed by atoms with Crippen LogP contribution >= 0.6 is 0 Å². The van der Waals surface area contributed by atoms with E-state index in [9.17, 15) is 13.2 Å². The minimum Gasteiger partial charge on any atom is -0.497 e. The van der Waals surface area contributed by atoms with E-state index in [0.29, 0.717) is 18.8 Å². The maximum Gasteiger partial charge on any atom is 0.240 e. The Morgan fingerprint density at radius 2 is 1.73 bits per heavy atom. The number of amides is 1. The third-order valence-electron chi connectivity index (χ3n) is 3.95. The maximum atomic E-state index is 12.4. The van der Waals surface area contributed by atoms with Gasteiger partial charge in [0.15, 0.2) is 0 Å². The lowest BCUT2D eigenvalue weighted by molar-refractivity contribution is -0.131. The van der Waals surface area contributed by atoms with Crippen LogP contribution in [0, 0.1) is 0 Å². The highest BCUT2D eigenvalue weighted by Crippen LogP contribution is 2.15. The van der Waals surface area contributed by atoms with Crippen LogP contribution < -0.4 is 9.46 Å². The van der Waals surface area contributed by atoms with Gasteiger partial charge in [0.1, 0.15) is 5.75 Å². The summed E-state index contributed by atoms with van der Waals surface area (Å²) in [7, 11) is -2.13. The third-order valence-corrected chi connectivity index (χ3v) is 5.43. The summed E-state index contributed by atoms with van der Waals surface area (Å²) < 4.78 is 32.0. The Morgan fingerprint density at radius 3 is 2.31 bits per heavy atom. The number of nitrogens with one attached hydrogen (secondary N) is 1. The smallest absolute Gasteiger partial charge is 0.240 e. The van der Waals surface area contributed by atoms with E-state index in [2.05, 4.69) is 4.72 Å². The first-order valence-corrected chi connectivity index (χ1v) is 9.90. The Kier molecular flexibility index (Phi) is 7.17. The number of nitrogens with zero attached hydrogens (tertiary/aromatic N) is 1. The first kappa shape index (κ1) is 19.9. The summed E-state index contributed by atoms with van der Waals surface area (Å²) in [6.07, 6.45) is 0.107. The Morgan fingerprint density at radius 1 is 1.08 bits per heavy atom. The van der Waals surface area contributed by atoms with E-state index in [-0.39, 0.29) is 23.8 Å². The summed E-state index contributed by atoms with van der Waals surface area (Å²) in [5.41, 5.74) is 1.04. The van der Waals surface area contributed by atoms with Gasteiger partial charge in [0.2, 0.25) is 15.9 Å². The molecule has 0 saturated heterocycles. The zero-order valence-electron chi connectivity index (χ0n) is 15.0. The van der Waals surface area contributed by atoms with Crippen molar-refractivity contribution in [3.05, 3.63) is 60.2 Å². The lowest BCUT2D eigenvalue weighted by Gasteiger charge is -2.21. The normalized spacial score (nSPS) is 11.2. The number of hydrogen-bond donors (Lipinski definition) is 1. The maximum absolute atomic E-state index is 12.4. The number of carbonyl (C=O) groups is 1. The number of methoxy groups -OCH3 is 1. The van der Waals surface area contributed by atoms with E-state index >= 15 is 0 Å². The molecule has 0 atom stereocenters. The summed E-state index contributed by atoms with van der Waals surface area (Å²) in [5, 5.41) is 0. The van der Waals surface area contributed by atoms with Gasteiger partial charge in [0.05, 0.1) is 12.0 Å². The highest BCUT2D eigenvalue weighted by Gasteiger charge is 2.16. The van der Waals surface area contributed by atoms with Gasteiger partial charge in [-0.3, -0.25) is 4.79 Å². The Hall–Kier alpha value is -2.38. The van der Waals surface area contributed by atoms with E-state index in [1.54, 1.807) is 17.0 Å². The summed E-state index contributed by atoms with van der Waals surface area (Å²) in [5.74, 6) is 0.493. The Labute approximate surface area is 154 Å². The topological polar surface area (TPSA) is 75.7 Å². The molecule has 7 heteroatoms. The van der Waals surface area contributed by atoms with Crippen LogP contribution in [0.3, 0.4) is 0 Å². The highest BCUT2D eigenvalue weighted by molar-refractivity contribution is 7.89. The zero-order chi connectivity index (χ0) is 19.0. The number of carbonyl (C=O) groups excluding carboxylic acids is 1. The number of rotatable bonds is 9. The van der Waals surface area contributed by atoms with Crippen LogP contribution in [0.2, 0.25) is 0 Å². The van der Waals surface area contributed by atoms with E-state index in [1.807, 2.05) is 37.3 Å². The average Bonchev–Trinajstić information content (AvgIpc) is 2.66. The standard InChI is InChI=1S/C19H24N2O4S/c1-3-21(15-16-7-5-4-6-8-16)19(22)13-14-20-26(23,24)18-11-9-17(25-2)10-12-18/h4-12,20H,3,13-15H2,1-2H3. The van der Waals surface area contributed by atoms with Crippen molar-refractivity contribution < 1.29 is 17.9 Å². The minimum atomic E-state index is -3.65. The molecule has 0 aliphatic heterocycles. The van der Waals surface area contributed by atoms with Gasteiger partial charge in [0.25, 0.3) is 0 Å². The fourth-order valence-electron chi connectivity index (χ4n) is 2.47. The monoisotopic (exact) mass is 376 g/mol. The molecule has 0 unspecified atom stereocenters. The molecule has 6 nitrogen and oxygen atoms in total.